The minimum atomic E-state index is 0.195. The maximum atomic E-state index is 12.4. The molecule has 142 valence electrons. The number of fused-ring (bicyclic) bond motifs is 1. The molecule has 1 aromatic carbocycles. The van der Waals surface area contributed by atoms with Crippen LogP contribution in [0.2, 0.25) is 0 Å². The maximum Gasteiger partial charge on any atom is 0.222 e. The summed E-state index contributed by atoms with van der Waals surface area (Å²) in [4.78, 5) is 20.1. The van der Waals surface area contributed by atoms with E-state index in [2.05, 4.69) is 28.1 Å². The summed E-state index contributed by atoms with van der Waals surface area (Å²) in [6.45, 7) is 4.17. The zero-order chi connectivity index (χ0) is 18.6. The lowest BCUT2D eigenvalue weighted by Gasteiger charge is -2.25. The molecule has 0 aliphatic carbocycles. The van der Waals surface area contributed by atoms with Gasteiger partial charge in [-0.2, -0.15) is 0 Å². The molecule has 3 aromatic rings. The lowest BCUT2D eigenvalue weighted by atomic mass is 10.2. The first-order valence-corrected chi connectivity index (χ1v) is 10.5. The molecule has 1 saturated heterocycles. The third kappa shape index (κ3) is 4.06. The van der Waals surface area contributed by atoms with Gasteiger partial charge in [-0.15, -0.1) is 11.3 Å². The van der Waals surface area contributed by atoms with Crippen molar-refractivity contribution in [2.24, 2.45) is 0 Å². The van der Waals surface area contributed by atoms with E-state index in [4.69, 9.17) is 9.72 Å². The van der Waals surface area contributed by atoms with Crippen molar-refractivity contribution in [2.45, 2.75) is 38.7 Å². The summed E-state index contributed by atoms with van der Waals surface area (Å²) in [6, 6.07) is 10.2. The Balaban J connectivity index is 1.48. The minimum absolute atomic E-state index is 0.195. The molecule has 0 radical (unpaired) electrons. The number of ether oxygens (including phenoxy) is 1. The normalized spacial score (nSPS) is 16.9. The van der Waals surface area contributed by atoms with Crippen LogP contribution in [0.4, 0.5) is 0 Å². The van der Waals surface area contributed by atoms with E-state index in [9.17, 15) is 4.79 Å². The van der Waals surface area contributed by atoms with Crippen LogP contribution in [-0.4, -0.2) is 46.0 Å². The highest BCUT2D eigenvalue weighted by Gasteiger charge is 2.22. The largest absolute Gasteiger partial charge is 0.376 e. The van der Waals surface area contributed by atoms with Crippen molar-refractivity contribution in [3.05, 3.63) is 47.6 Å². The van der Waals surface area contributed by atoms with Crippen LogP contribution < -0.4 is 0 Å². The van der Waals surface area contributed by atoms with Gasteiger partial charge in [-0.05, 0) is 12.8 Å². The number of hydrogen-bond donors (Lipinski definition) is 0. The molecule has 4 rings (SSSR count). The van der Waals surface area contributed by atoms with E-state index < -0.39 is 0 Å². The van der Waals surface area contributed by atoms with Gasteiger partial charge in [0, 0.05) is 55.4 Å². The van der Waals surface area contributed by atoms with E-state index in [0.29, 0.717) is 13.0 Å². The third-order valence-corrected chi connectivity index (χ3v) is 5.98. The molecule has 1 aliphatic heterocycles. The summed E-state index contributed by atoms with van der Waals surface area (Å²) >= 11 is 1.65. The fraction of sp³-hybridized carbons (Fsp3) is 0.429. The first kappa shape index (κ1) is 18.2. The van der Waals surface area contributed by atoms with Gasteiger partial charge in [-0.3, -0.25) is 9.20 Å². The highest BCUT2D eigenvalue weighted by Crippen LogP contribution is 2.24. The van der Waals surface area contributed by atoms with Crippen molar-refractivity contribution >= 4 is 22.2 Å². The summed E-state index contributed by atoms with van der Waals surface area (Å²) in [5.74, 6) is 0.201. The summed E-state index contributed by atoms with van der Waals surface area (Å²) in [6.07, 6.45) is 5.81. The number of imidazole rings is 1. The SMILES string of the molecule is CCC(=O)N(CCc1csc2nc(-c3ccccc3)cn12)C[C@@H]1CCCO1. The summed E-state index contributed by atoms with van der Waals surface area (Å²) < 4.78 is 7.89. The van der Waals surface area contributed by atoms with E-state index in [1.165, 1.54) is 5.69 Å². The number of rotatable bonds is 7. The molecule has 1 amide bonds. The molecule has 3 heterocycles. The third-order valence-electron chi connectivity index (χ3n) is 5.09. The molecule has 1 fully saturated rings. The Morgan fingerprint density at radius 1 is 1.37 bits per heavy atom. The molecule has 2 aromatic heterocycles. The Morgan fingerprint density at radius 3 is 2.96 bits per heavy atom. The fourth-order valence-electron chi connectivity index (χ4n) is 3.58. The number of thiazole rings is 1. The fourth-order valence-corrected chi connectivity index (χ4v) is 4.49. The first-order chi connectivity index (χ1) is 13.2. The topological polar surface area (TPSA) is 46.8 Å². The molecule has 0 unspecified atom stereocenters. The molecule has 6 heteroatoms. The monoisotopic (exact) mass is 383 g/mol. The van der Waals surface area contributed by atoms with Crippen LogP contribution in [0.3, 0.4) is 0 Å². The van der Waals surface area contributed by atoms with Gasteiger partial charge in [-0.25, -0.2) is 4.98 Å². The van der Waals surface area contributed by atoms with E-state index in [1.54, 1.807) is 11.3 Å². The van der Waals surface area contributed by atoms with Crippen LogP contribution >= 0.6 is 11.3 Å². The lowest BCUT2D eigenvalue weighted by molar-refractivity contribution is -0.132. The van der Waals surface area contributed by atoms with E-state index in [0.717, 1.165) is 48.6 Å². The quantitative estimate of drug-likeness (QED) is 0.619. The van der Waals surface area contributed by atoms with Crippen molar-refractivity contribution in [3.8, 4) is 11.3 Å². The van der Waals surface area contributed by atoms with Crippen LogP contribution in [0.25, 0.3) is 16.2 Å². The molecular formula is C21H25N3O2S. The standard InChI is InChI=1S/C21H25N3O2S/c1-2-20(25)23(13-18-9-6-12-26-18)11-10-17-15-27-21-22-19(14-24(17)21)16-7-4-3-5-8-16/h3-5,7-8,14-15,18H,2,6,9-13H2,1H3/t18-/m0/s1. The van der Waals surface area contributed by atoms with Gasteiger partial charge in [0.05, 0.1) is 11.8 Å². The van der Waals surface area contributed by atoms with Crippen molar-refractivity contribution in [3.63, 3.8) is 0 Å². The molecule has 1 atom stereocenters. The summed E-state index contributed by atoms with van der Waals surface area (Å²) in [7, 11) is 0. The predicted molar refractivity (Wildman–Crippen MR) is 108 cm³/mol. The highest BCUT2D eigenvalue weighted by molar-refractivity contribution is 7.15. The van der Waals surface area contributed by atoms with Crippen LogP contribution in [0.1, 0.15) is 31.9 Å². The number of nitrogens with zero attached hydrogens (tertiary/aromatic N) is 3. The second-order valence-corrected chi connectivity index (χ2v) is 7.79. The number of hydrogen-bond acceptors (Lipinski definition) is 4. The van der Waals surface area contributed by atoms with Gasteiger partial charge >= 0.3 is 0 Å². The Kier molecular flexibility index (Phi) is 5.55. The van der Waals surface area contributed by atoms with E-state index >= 15 is 0 Å². The lowest BCUT2D eigenvalue weighted by Crippen LogP contribution is -2.38. The van der Waals surface area contributed by atoms with Gasteiger partial charge < -0.3 is 9.64 Å². The molecule has 0 saturated carbocycles. The Hall–Kier alpha value is -2.18. The Morgan fingerprint density at radius 2 is 2.22 bits per heavy atom. The first-order valence-electron chi connectivity index (χ1n) is 9.65. The van der Waals surface area contributed by atoms with Crippen LogP contribution in [0, 0.1) is 0 Å². The molecule has 27 heavy (non-hydrogen) atoms. The second-order valence-electron chi connectivity index (χ2n) is 6.95. The molecule has 0 bridgehead atoms. The highest BCUT2D eigenvalue weighted by atomic mass is 32.1. The van der Waals surface area contributed by atoms with Crippen LogP contribution in [0.15, 0.2) is 41.9 Å². The summed E-state index contributed by atoms with van der Waals surface area (Å²) in [5.41, 5.74) is 3.32. The van der Waals surface area contributed by atoms with Gasteiger partial charge in [-0.1, -0.05) is 37.3 Å². The average Bonchev–Trinajstić information content (AvgIpc) is 3.43. The molecular weight excluding hydrogens is 358 g/mol. The van der Waals surface area contributed by atoms with E-state index in [1.807, 2.05) is 30.0 Å². The van der Waals surface area contributed by atoms with Gasteiger partial charge in [0.1, 0.15) is 0 Å². The van der Waals surface area contributed by atoms with Crippen LogP contribution in [-0.2, 0) is 16.0 Å². The zero-order valence-corrected chi connectivity index (χ0v) is 16.5. The van der Waals surface area contributed by atoms with Gasteiger partial charge in [0.25, 0.3) is 0 Å². The smallest absolute Gasteiger partial charge is 0.222 e. The zero-order valence-electron chi connectivity index (χ0n) is 15.6. The molecule has 0 N–H and O–H groups in total. The second kappa shape index (κ2) is 8.23. The van der Waals surface area contributed by atoms with Crippen molar-refractivity contribution in [2.75, 3.05) is 19.7 Å². The van der Waals surface area contributed by atoms with Crippen molar-refractivity contribution < 1.29 is 9.53 Å². The van der Waals surface area contributed by atoms with Gasteiger partial charge in [0.2, 0.25) is 5.91 Å². The van der Waals surface area contributed by atoms with Crippen LogP contribution in [0.5, 0.6) is 0 Å². The number of benzene rings is 1. The Labute approximate surface area is 163 Å². The number of aromatic nitrogens is 2. The number of amides is 1. The Bertz CT molecular complexity index is 897. The molecule has 0 spiro atoms. The minimum Gasteiger partial charge on any atom is -0.376 e. The maximum absolute atomic E-state index is 12.4. The van der Waals surface area contributed by atoms with E-state index in [-0.39, 0.29) is 12.0 Å². The number of carbonyl (C=O) groups excluding carboxylic acids is 1. The number of carbonyl (C=O) groups is 1. The van der Waals surface area contributed by atoms with Crippen molar-refractivity contribution in [1.82, 2.24) is 14.3 Å². The predicted octanol–water partition coefficient (Wildman–Crippen LogP) is 4.02. The van der Waals surface area contributed by atoms with Crippen molar-refractivity contribution in [1.29, 1.82) is 0 Å². The van der Waals surface area contributed by atoms with Gasteiger partial charge in [0.15, 0.2) is 4.96 Å². The average molecular weight is 384 g/mol. The molecule has 1 aliphatic rings. The molecule has 5 nitrogen and oxygen atoms in total. The summed E-state index contributed by atoms with van der Waals surface area (Å²) in [5, 5.41) is 2.15.